The molecule has 0 spiro atoms. The first-order valence-corrected chi connectivity index (χ1v) is 8.05. The van der Waals surface area contributed by atoms with Gasteiger partial charge in [-0.15, -0.1) is 0 Å². The van der Waals surface area contributed by atoms with E-state index in [9.17, 15) is 8.42 Å². The Morgan fingerprint density at radius 3 is 2.26 bits per heavy atom. The van der Waals surface area contributed by atoms with Crippen LogP contribution in [0, 0.1) is 5.92 Å². The summed E-state index contributed by atoms with van der Waals surface area (Å²) in [5.41, 5.74) is 0. The van der Waals surface area contributed by atoms with Crippen molar-refractivity contribution in [3.8, 4) is 5.75 Å². The molecule has 0 unspecified atom stereocenters. The minimum Gasteiger partial charge on any atom is -0.497 e. The first kappa shape index (κ1) is 14.3. The largest absolute Gasteiger partial charge is 0.497 e. The second-order valence-electron chi connectivity index (χ2n) is 5.38. The second kappa shape index (κ2) is 5.51. The van der Waals surface area contributed by atoms with Crippen LogP contribution in [-0.2, 0) is 10.0 Å². The molecular weight excluding hydrogens is 262 g/mol. The molecule has 1 aromatic carbocycles. The summed E-state index contributed by atoms with van der Waals surface area (Å²) in [6.45, 7) is 4.66. The Labute approximate surface area is 115 Å². The lowest BCUT2D eigenvalue weighted by Crippen LogP contribution is -2.36. The first-order valence-electron chi connectivity index (χ1n) is 6.61. The molecule has 1 aliphatic carbocycles. The normalized spacial score (nSPS) is 16.1. The van der Waals surface area contributed by atoms with Gasteiger partial charge in [0.25, 0.3) is 0 Å². The second-order valence-corrected chi connectivity index (χ2v) is 7.27. The summed E-state index contributed by atoms with van der Waals surface area (Å²) in [5.74, 6) is 0.995. The highest BCUT2D eigenvalue weighted by molar-refractivity contribution is 7.89. The third-order valence-corrected chi connectivity index (χ3v) is 5.10. The lowest BCUT2D eigenvalue weighted by Gasteiger charge is -2.23. The van der Waals surface area contributed by atoms with E-state index in [-0.39, 0.29) is 6.04 Å². The van der Waals surface area contributed by atoms with Gasteiger partial charge in [0.2, 0.25) is 10.0 Å². The molecule has 5 heteroatoms. The van der Waals surface area contributed by atoms with Crippen LogP contribution in [0.25, 0.3) is 0 Å². The Kier molecular flexibility index (Phi) is 4.16. The molecule has 1 saturated carbocycles. The van der Waals surface area contributed by atoms with E-state index in [2.05, 4.69) is 0 Å². The Bertz CT molecular complexity index is 518. The predicted molar refractivity (Wildman–Crippen MR) is 74.7 cm³/mol. The molecule has 0 radical (unpaired) electrons. The van der Waals surface area contributed by atoms with Gasteiger partial charge in [0.1, 0.15) is 5.75 Å². The molecule has 4 nitrogen and oxygen atoms in total. The van der Waals surface area contributed by atoms with Gasteiger partial charge in [0.05, 0.1) is 12.0 Å². The molecule has 0 bridgehead atoms. The molecule has 106 valence electrons. The fraction of sp³-hybridized carbons (Fsp3) is 0.571. The Morgan fingerprint density at radius 1 is 1.26 bits per heavy atom. The highest BCUT2D eigenvalue weighted by Crippen LogP contribution is 2.33. The first-order chi connectivity index (χ1) is 8.95. The van der Waals surface area contributed by atoms with Crippen molar-refractivity contribution in [2.24, 2.45) is 5.92 Å². The number of ether oxygens (including phenoxy) is 1. The molecule has 1 aliphatic rings. The summed E-state index contributed by atoms with van der Waals surface area (Å²) in [6, 6.07) is 6.79. The van der Waals surface area contributed by atoms with Gasteiger partial charge in [-0.1, -0.05) is 13.8 Å². The lowest BCUT2D eigenvalue weighted by atomic mass is 10.2. The lowest BCUT2D eigenvalue weighted by molar-refractivity contribution is 0.360. The van der Waals surface area contributed by atoms with E-state index in [4.69, 9.17) is 4.74 Å². The van der Waals surface area contributed by atoms with Crippen molar-refractivity contribution in [1.29, 1.82) is 0 Å². The van der Waals surface area contributed by atoms with Crippen LogP contribution in [0.3, 0.4) is 0 Å². The summed E-state index contributed by atoms with van der Waals surface area (Å²) in [5, 5.41) is 0. The number of rotatable bonds is 6. The molecular formula is C14H21NO3S. The summed E-state index contributed by atoms with van der Waals surface area (Å²) in [6.07, 6.45) is 1.95. The molecule has 0 amide bonds. The molecule has 0 aliphatic heterocycles. The zero-order chi connectivity index (χ0) is 14.0. The maximum absolute atomic E-state index is 12.6. The van der Waals surface area contributed by atoms with Gasteiger partial charge in [-0.05, 0) is 43.0 Å². The van der Waals surface area contributed by atoms with Crippen LogP contribution in [-0.4, -0.2) is 32.4 Å². The van der Waals surface area contributed by atoms with Crippen LogP contribution < -0.4 is 4.74 Å². The van der Waals surface area contributed by atoms with Crippen molar-refractivity contribution in [2.45, 2.75) is 37.6 Å². The number of methoxy groups -OCH3 is 1. The molecule has 0 N–H and O–H groups in total. The maximum Gasteiger partial charge on any atom is 0.243 e. The van der Waals surface area contributed by atoms with Crippen molar-refractivity contribution in [2.75, 3.05) is 13.7 Å². The van der Waals surface area contributed by atoms with Crippen LogP contribution in [0.5, 0.6) is 5.75 Å². The molecule has 1 fully saturated rings. The molecule has 19 heavy (non-hydrogen) atoms. The predicted octanol–water partition coefficient (Wildman–Crippen LogP) is 2.50. The summed E-state index contributed by atoms with van der Waals surface area (Å²) >= 11 is 0. The SMILES string of the molecule is COc1ccc(S(=O)(=O)N(CC(C)C)C2CC2)cc1. The molecule has 0 saturated heterocycles. The molecule has 0 atom stereocenters. The van der Waals surface area contributed by atoms with E-state index >= 15 is 0 Å². The van der Waals surface area contributed by atoms with Crippen molar-refractivity contribution < 1.29 is 13.2 Å². The van der Waals surface area contributed by atoms with E-state index in [0.29, 0.717) is 23.1 Å². The minimum absolute atomic E-state index is 0.189. The van der Waals surface area contributed by atoms with E-state index in [1.54, 1.807) is 35.7 Å². The smallest absolute Gasteiger partial charge is 0.243 e. The van der Waals surface area contributed by atoms with E-state index in [1.807, 2.05) is 13.8 Å². The van der Waals surface area contributed by atoms with Gasteiger partial charge in [-0.25, -0.2) is 8.42 Å². The van der Waals surface area contributed by atoms with Crippen molar-refractivity contribution >= 4 is 10.0 Å². The van der Waals surface area contributed by atoms with Crippen LogP contribution in [0.2, 0.25) is 0 Å². The zero-order valence-corrected chi connectivity index (χ0v) is 12.5. The van der Waals surface area contributed by atoms with Crippen molar-refractivity contribution in [3.63, 3.8) is 0 Å². The van der Waals surface area contributed by atoms with Gasteiger partial charge < -0.3 is 4.74 Å². The van der Waals surface area contributed by atoms with E-state index in [1.165, 1.54) is 0 Å². The van der Waals surface area contributed by atoms with Gasteiger partial charge in [-0.3, -0.25) is 0 Å². The average molecular weight is 283 g/mol. The van der Waals surface area contributed by atoms with Gasteiger partial charge in [-0.2, -0.15) is 4.31 Å². The third-order valence-electron chi connectivity index (χ3n) is 3.17. The molecule has 1 aromatic rings. The highest BCUT2D eigenvalue weighted by Gasteiger charge is 2.38. The zero-order valence-electron chi connectivity index (χ0n) is 11.7. The van der Waals surface area contributed by atoms with Crippen molar-refractivity contribution in [3.05, 3.63) is 24.3 Å². The summed E-state index contributed by atoms with van der Waals surface area (Å²) in [4.78, 5) is 0.348. The molecule has 0 aromatic heterocycles. The minimum atomic E-state index is -3.38. The number of hydrogen-bond acceptors (Lipinski definition) is 3. The van der Waals surface area contributed by atoms with Crippen LogP contribution in [0.1, 0.15) is 26.7 Å². The summed E-state index contributed by atoms with van der Waals surface area (Å²) in [7, 11) is -1.81. The highest BCUT2D eigenvalue weighted by atomic mass is 32.2. The molecule has 0 heterocycles. The van der Waals surface area contributed by atoms with Crippen LogP contribution in [0.4, 0.5) is 0 Å². The monoisotopic (exact) mass is 283 g/mol. The quantitative estimate of drug-likeness (QED) is 0.806. The number of hydrogen-bond donors (Lipinski definition) is 0. The summed E-state index contributed by atoms with van der Waals surface area (Å²) < 4.78 is 32.0. The Hall–Kier alpha value is -1.07. The van der Waals surface area contributed by atoms with Gasteiger partial charge in [0.15, 0.2) is 0 Å². The third kappa shape index (κ3) is 3.28. The van der Waals surface area contributed by atoms with Gasteiger partial charge >= 0.3 is 0 Å². The standard InChI is InChI=1S/C14H21NO3S/c1-11(2)10-15(12-4-5-12)19(16,17)14-8-6-13(18-3)7-9-14/h6-9,11-12H,4-5,10H2,1-3H3. The van der Waals surface area contributed by atoms with E-state index in [0.717, 1.165) is 12.8 Å². The fourth-order valence-electron chi connectivity index (χ4n) is 2.05. The average Bonchev–Trinajstić information content (AvgIpc) is 3.20. The van der Waals surface area contributed by atoms with Crippen LogP contribution >= 0.6 is 0 Å². The number of benzene rings is 1. The van der Waals surface area contributed by atoms with Crippen molar-refractivity contribution in [1.82, 2.24) is 4.31 Å². The number of sulfonamides is 1. The Balaban J connectivity index is 2.27. The van der Waals surface area contributed by atoms with E-state index < -0.39 is 10.0 Å². The number of nitrogens with zero attached hydrogens (tertiary/aromatic N) is 1. The Morgan fingerprint density at radius 2 is 1.84 bits per heavy atom. The van der Waals surface area contributed by atoms with Gasteiger partial charge in [0, 0.05) is 12.6 Å². The maximum atomic E-state index is 12.6. The molecule has 2 rings (SSSR count). The van der Waals surface area contributed by atoms with Crippen LogP contribution in [0.15, 0.2) is 29.2 Å². The topological polar surface area (TPSA) is 46.6 Å². The fourth-order valence-corrected chi connectivity index (χ4v) is 3.90.